The molecule has 1 N–H and O–H groups in total. The molecule has 4 rings (SSSR count). The summed E-state index contributed by atoms with van der Waals surface area (Å²) in [5.41, 5.74) is 0.189. The minimum atomic E-state index is -1.30. The van der Waals surface area contributed by atoms with Gasteiger partial charge in [0.15, 0.2) is 10.9 Å². The van der Waals surface area contributed by atoms with Gasteiger partial charge >= 0.3 is 0 Å². The lowest BCUT2D eigenvalue weighted by Crippen LogP contribution is -2.50. The lowest BCUT2D eigenvalue weighted by Gasteiger charge is -2.36. The van der Waals surface area contributed by atoms with Crippen molar-refractivity contribution in [3.05, 3.63) is 60.6 Å². The maximum atomic E-state index is 11.6. The molecule has 27 heavy (non-hydrogen) atoms. The van der Waals surface area contributed by atoms with Gasteiger partial charge in [-0.05, 0) is 31.2 Å². The van der Waals surface area contributed by atoms with E-state index in [1.54, 1.807) is 19.5 Å². The van der Waals surface area contributed by atoms with E-state index >= 15 is 0 Å². The maximum absolute atomic E-state index is 11.6. The molecule has 3 heterocycles. The molecular weight excluding hydrogens is 362 g/mol. The number of rotatable bonds is 5. The van der Waals surface area contributed by atoms with E-state index in [-0.39, 0.29) is 6.04 Å². The molecule has 0 spiro atoms. The summed E-state index contributed by atoms with van der Waals surface area (Å²) >= 11 is 1.49. The van der Waals surface area contributed by atoms with Gasteiger partial charge in [-0.15, -0.1) is 0 Å². The van der Waals surface area contributed by atoms with Gasteiger partial charge in [-0.1, -0.05) is 30.0 Å². The van der Waals surface area contributed by atoms with Crippen LogP contribution in [0.2, 0.25) is 0 Å². The van der Waals surface area contributed by atoms with E-state index in [9.17, 15) is 5.11 Å². The molecule has 2 aromatic heterocycles. The number of methoxy groups -OCH3 is 1. The van der Waals surface area contributed by atoms with E-state index in [1.807, 2.05) is 54.3 Å². The summed E-state index contributed by atoms with van der Waals surface area (Å²) in [7, 11) is 1.65. The zero-order chi connectivity index (χ0) is 18.9. The second-order valence-corrected chi connectivity index (χ2v) is 7.48. The smallest absolute Gasteiger partial charge is 0.209 e. The Hall–Kier alpha value is -2.35. The Bertz CT molecular complexity index is 926. The lowest BCUT2D eigenvalue weighted by molar-refractivity contribution is -0.0888. The number of thioether (sulfide) groups is 1. The second kappa shape index (κ2) is 7.34. The first-order valence-electron chi connectivity index (χ1n) is 8.73. The number of hydrogen-bond acceptors (Lipinski definition) is 6. The van der Waals surface area contributed by atoms with E-state index in [4.69, 9.17) is 14.1 Å². The van der Waals surface area contributed by atoms with Gasteiger partial charge in [-0.25, -0.2) is 4.99 Å². The first-order chi connectivity index (χ1) is 13.1. The first-order valence-corrected chi connectivity index (χ1v) is 9.71. The van der Waals surface area contributed by atoms with E-state index in [0.29, 0.717) is 18.1 Å². The lowest BCUT2D eigenvalue weighted by atomic mass is 10.1. The number of amidine groups is 1. The van der Waals surface area contributed by atoms with Crippen LogP contribution in [0.15, 0.2) is 64.3 Å². The Morgan fingerprint density at radius 3 is 2.96 bits per heavy atom. The zero-order valence-electron chi connectivity index (χ0n) is 15.2. The van der Waals surface area contributed by atoms with Crippen molar-refractivity contribution in [1.29, 1.82) is 0 Å². The average Bonchev–Trinajstić information content (AvgIpc) is 3.25. The highest BCUT2D eigenvalue weighted by Gasteiger charge is 2.49. The van der Waals surface area contributed by atoms with Crippen LogP contribution in [0.4, 0.5) is 5.69 Å². The molecule has 1 fully saturated rings. The number of aliphatic hydroxyl groups is 1. The fourth-order valence-corrected chi connectivity index (χ4v) is 4.57. The number of para-hydroxylation sites is 1. The molecule has 0 radical (unpaired) electrons. The van der Waals surface area contributed by atoms with Crippen LogP contribution < -0.4 is 0 Å². The van der Waals surface area contributed by atoms with Gasteiger partial charge in [-0.2, -0.15) is 0 Å². The number of aliphatic imine (C=N–C) groups is 1. The summed E-state index contributed by atoms with van der Waals surface area (Å²) in [6, 6.07) is 13.3. The van der Waals surface area contributed by atoms with Crippen LogP contribution in [0.1, 0.15) is 12.7 Å². The third-order valence-corrected chi connectivity index (χ3v) is 5.64. The molecule has 0 amide bonds. The summed E-state index contributed by atoms with van der Waals surface area (Å²) in [6.45, 7) is 2.46. The molecule has 1 saturated heterocycles. The summed E-state index contributed by atoms with van der Waals surface area (Å²) in [4.78, 5) is 10.7. The van der Waals surface area contributed by atoms with Crippen LogP contribution in [-0.4, -0.2) is 45.7 Å². The van der Waals surface area contributed by atoms with Crippen LogP contribution in [0, 0.1) is 0 Å². The number of fused-ring (bicyclic) bond motifs is 1. The van der Waals surface area contributed by atoms with Crippen molar-refractivity contribution < 1.29 is 14.3 Å². The van der Waals surface area contributed by atoms with Crippen molar-refractivity contribution in [1.82, 2.24) is 9.88 Å². The van der Waals surface area contributed by atoms with Crippen molar-refractivity contribution >= 4 is 33.6 Å². The van der Waals surface area contributed by atoms with Crippen molar-refractivity contribution in [2.75, 3.05) is 19.5 Å². The quantitative estimate of drug-likeness (QED) is 0.724. The normalized spacial score (nSPS) is 22.6. The first kappa shape index (κ1) is 18.0. The summed E-state index contributed by atoms with van der Waals surface area (Å²) in [5, 5.41) is 13.3. The van der Waals surface area contributed by atoms with Gasteiger partial charge in [0.1, 0.15) is 5.58 Å². The number of pyridine rings is 1. The highest BCUT2D eigenvalue weighted by Crippen LogP contribution is 2.43. The summed E-state index contributed by atoms with van der Waals surface area (Å²) in [6.07, 6.45) is 3.41. The molecule has 1 aliphatic rings. The highest BCUT2D eigenvalue weighted by atomic mass is 32.2. The third-order valence-electron chi connectivity index (χ3n) is 4.55. The van der Waals surface area contributed by atoms with Crippen molar-refractivity contribution in [2.24, 2.45) is 4.99 Å². The molecule has 2 atom stereocenters. The molecule has 7 heteroatoms. The zero-order valence-corrected chi connectivity index (χ0v) is 16.0. The fraction of sp³-hybridized carbons (Fsp3) is 0.300. The van der Waals surface area contributed by atoms with E-state index in [2.05, 4.69) is 4.98 Å². The Kier molecular flexibility index (Phi) is 4.90. The number of hydrogen-bond donors (Lipinski definition) is 1. The molecule has 0 saturated carbocycles. The van der Waals surface area contributed by atoms with Crippen LogP contribution in [0.25, 0.3) is 11.0 Å². The number of aromatic nitrogens is 1. The average molecular weight is 383 g/mol. The monoisotopic (exact) mass is 383 g/mol. The molecule has 0 unspecified atom stereocenters. The molecule has 3 aromatic rings. The van der Waals surface area contributed by atoms with Gasteiger partial charge in [0.05, 0.1) is 30.3 Å². The SMILES string of the molecule is COC[C@@H](C)N1C(=Nc2cccnc2)SC[C@]1(O)c1cc2ccccc2o1. The van der Waals surface area contributed by atoms with E-state index < -0.39 is 5.72 Å². The van der Waals surface area contributed by atoms with Gasteiger partial charge in [0.2, 0.25) is 5.72 Å². The molecule has 1 aliphatic heterocycles. The predicted octanol–water partition coefficient (Wildman–Crippen LogP) is 3.74. The predicted molar refractivity (Wildman–Crippen MR) is 107 cm³/mol. The minimum absolute atomic E-state index is 0.0985. The van der Waals surface area contributed by atoms with Crippen LogP contribution in [-0.2, 0) is 10.5 Å². The molecule has 0 aliphatic carbocycles. The molecule has 1 aromatic carbocycles. The molecule has 0 bridgehead atoms. The van der Waals surface area contributed by atoms with Crippen molar-refractivity contribution in [3.8, 4) is 0 Å². The number of ether oxygens (including phenoxy) is 1. The van der Waals surface area contributed by atoms with Gasteiger partial charge in [0.25, 0.3) is 0 Å². The standard InChI is InChI=1S/C20H21N3O3S/c1-14(12-25-2)23-19(22-16-7-5-9-21-11-16)27-13-20(23,24)18-10-15-6-3-4-8-17(15)26-18/h3-11,14,24H,12-13H2,1-2H3/t14-,20+/m1/s1. The Labute approximate surface area is 161 Å². The Morgan fingerprint density at radius 2 is 2.22 bits per heavy atom. The second-order valence-electron chi connectivity index (χ2n) is 6.53. The molecule has 140 valence electrons. The minimum Gasteiger partial charge on any atom is -0.456 e. The maximum Gasteiger partial charge on any atom is 0.209 e. The van der Waals surface area contributed by atoms with E-state index in [1.165, 1.54) is 11.8 Å². The molecular formula is C20H21N3O3S. The van der Waals surface area contributed by atoms with Gasteiger partial charge < -0.3 is 19.2 Å². The largest absolute Gasteiger partial charge is 0.456 e. The molecule has 6 nitrogen and oxygen atoms in total. The summed E-state index contributed by atoms with van der Waals surface area (Å²) < 4.78 is 11.3. The van der Waals surface area contributed by atoms with E-state index in [0.717, 1.165) is 21.8 Å². The fourth-order valence-electron chi connectivity index (χ4n) is 3.32. The number of furan rings is 1. The number of benzene rings is 1. The van der Waals surface area contributed by atoms with Crippen molar-refractivity contribution in [3.63, 3.8) is 0 Å². The Balaban J connectivity index is 1.77. The van der Waals surface area contributed by atoms with Crippen LogP contribution in [0.5, 0.6) is 0 Å². The van der Waals surface area contributed by atoms with Gasteiger partial charge in [0, 0.05) is 18.7 Å². The Morgan fingerprint density at radius 1 is 1.37 bits per heavy atom. The van der Waals surface area contributed by atoms with Crippen LogP contribution >= 0.6 is 11.8 Å². The van der Waals surface area contributed by atoms with Gasteiger partial charge in [-0.3, -0.25) is 4.98 Å². The number of nitrogens with zero attached hydrogens (tertiary/aromatic N) is 3. The third kappa shape index (κ3) is 3.34. The topological polar surface area (TPSA) is 71.1 Å². The summed E-state index contributed by atoms with van der Waals surface area (Å²) in [5.74, 6) is 0.926. The van der Waals surface area contributed by atoms with Crippen molar-refractivity contribution in [2.45, 2.75) is 18.7 Å². The highest BCUT2D eigenvalue weighted by molar-refractivity contribution is 8.14. The van der Waals surface area contributed by atoms with Crippen LogP contribution in [0.3, 0.4) is 0 Å².